The lowest BCUT2D eigenvalue weighted by molar-refractivity contribution is 0.172. The number of rotatable bonds is 10. The summed E-state index contributed by atoms with van der Waals surface area (Å²) < 4.78 is 10.8. The minimum atomic E-state index is 0.635. The van der Waals surface area contributed by atoms with Gasteiger partial charge in [-0.2, -0.15) is 0 Å². The fraction of sp³-hybridized carbons (Fsp3) is 0.429. The SMILES string of the molecule is CCNC(=NCCc1ccc(C)nc1)Nc1cccc(OCCCOC)c1. The van der Waals surface area contributed by atoms with Crippen LogP contribution in [0.25, 0.3) is 0 Å². The second-order valence-corrected chi connectivity index (χ2v) is 6.17. The highest BCUT2D eigenvalue weighted by molar-refractivity contribution is 5.93. The number of hydrogen-bond acceptors (Lipinski definition) is 4. The number of ether oxygens (including phenoxy) is 2. The molecule has 6 heteroatoms. The molecule has 0 atom stereocenters. The van der Waals surface area contributed by atoms with E-state index in [1.165, 1.54) is 5.56 Å². The molecule has 0 fully saturated rings. The summed E-state index contributed by atoms with van der Waals surface area (Å²) in [6.45, 7) is 6.86. The lowest BCUT2D eigenvalue weighted by Crippen LogP contribution is -2.30. The largest absolute Gasteiger partial charge is 0.493 e. The number of aliphatic imine (C=N–C) groups is 1. The third-order valence-corrected chi connectivity index (χ3v) is 3.85. The van der Waals surface area contributed by atoms with E-state index >= 15 is 0 Å². The number of benzene rings is 1. The Morgan fingerprint density at radius 3 is 2.81 bits per heavy atom. The van der Waals surface area contributed by atoms with Gasteiger partial charge < -0.3 is 20.1 Å². The average Bonchev–Trinajstić information content (AvgIpc) is 2.67. The summed E-state index contributed by atoms with van der Waals surface area (Å²) in [5.74, 6) is 1.59. The Hall–Kier alpha value is -2.60. The van der Waals surface area contributed by atoms with Crippen LogP contribution in [0, 0.1) is 6.92 Å². The van der Waals surface area contributed by atoms with Crippen molar-refractivity contribution in [3.8, 4) is 5.75 Å². The summed E-state index contributed by atoms with van der Waals surface area (Å²) in [5.41, 5.74) is 3.16. The number of anilines is 1. The van der Waals surface area contributed by atoms with Gasteiger partial charge in [-0.25, -0.2) is 0 Å². The number of methoxy groups -OCH3 is 1. The van der Waals surface area contributed by atoms with Gasteiger partial charge in [0.2, 0.25) is 0 Å². The van der Waals surface area contributed by atoms with Gasteiger partial charge in [-0.1, -0.05) is 12.1 Å². The molecule has 2 N–H and O–H groups in total. The smallest absolute Gasteiger partial charge is 0.195 e. The third-order valence-electron chi connectivity index (χ3n) is 3.85. The highest BCUT2D eigenvalue weighted by Crippen LogP contribution is 2.17. The first kappa shape index (κ1) is 20.7. The first-order valence-corrected chi connectivity index (χ1v) is 9.40. The first-order valence-electron chi connectivity index (χ1n) is 9.40. The van der Waals surface area contributed by atoms with Crippen molar-refractivity contribution >= 4 is 11.6 Å². The van der Waals surface area contributed by atoms with E-state index in [0.29, 0.717) is 19.8 Å². The number of pyridine rings is 1. The number of guanidine groups is 1. The summed E-state index contributed by atoms with van der Waals surface area (Å²) in [6, 6.07) is 12.0. The molecule has 0 aliphatic heterocycles. The van der Waals surface area contributed by atoms with Crippen molar-refractivity contribution in [3.05, 3.63) is 53.9 Å². The molecule has 6 nitrogen and oxygen atoms in total. The monoisotopic (exact) mass is 370 g/mol. The van der Waals surface area contributed by atoms with Crippen molar-refractivity contribution in [2.45, 2.75) is 26.7 Å². The molecule has 0 radical (unpaired) electrons. The van der Waals surface area contributed by atoms with Crippen LogP contribution in [0.4, 0.5) is 5.69 Å². The highest BCUT2D eigenvalue weighted by Gasteiger charge is 2.02. The van der Waals surface area contributed by atoms with Crippen molar-refractivity contribution in [2.24, 2.45) is 4.99 Å². The molecular formula is C21H30N4O2. The minimum Gasteiger partial charge on any atom is -0.493 e. The number of aryl methyl sites for hydroxylation is 1. The molecule has 0 saturated heterocycles. The molecule has 2 rings (SSSR count). The normalized spacial score (nSPS) is 11.3. The van der Waals surface area contributed by atoms with Crippen LogP contribution < -0.4 is 15.4 Å². The molecular weight excluding hydrogens is 340 g/mol. The van der Waals surface area contributed by atoms with Gasteiger partial charge >= 0.3 is 0 Å². The summed E-state index contributed by atoms with van der Waals surface area (Å²) in [4.78, 5) is 8.98. The molecule has 0 amide bonds. The van der Waals surface area contributed by atoms with Crippen LogP contribution in [0.3, 0.4) is 0 Å². The number of nitrogens with one attached hydrogen (secondary N) is 2. The van der Waals surface area contributed by atoms with Crippen LogP contribution in [0.5, 0.6) is 5.75 Å². The maximum Gasteiger partial charge on any atom is 0.195 e. The predicted molar refractivity (Wildman–Crippen MR) is 111 cm³/mol. The van der Waals surface area contributed by atoms with Gasteiger partial charge in [0.1, 0.15) is 5.75 Å². The van der Waals surface area contributed by atoms with Gasteiger partial charge in [0.05, 0.1) is 6.61 Å². The number of hydrogen-bond donors (Lipinski definition) is 2. The molecule has 146 valence electrons. The molecule has 0 unspecified atom stereocenters. The fourth-order valence-electron chi connectivity index (χ4n) is 2.44. The van der Waals surface area contributed by atoms with Crippen molar-refractivity contribution in [2.75, 3.05) is 38.7 Å². The Bertz CT molecular complexity index is 702. The van der Waals surface area contributed by atoms with E-state index in [0.717, 1.165) is 42.5 Å². The molecule has 0 spiro atoms. The second-order valence-electron chi connectivity index (χ2n) is 6.17. The van der Waals surface area contributed by atoms with Crippen molar-refractivity contribution in [1.29, 1.82) is 0 Å². The van der Waals surface area contributed by atoms with Crippen LogP contribution in [0.1, 0.15) is 24.6 Å². The second kappa shape index (κ2) is 11.9. The van der Waals surface area contributed by atoms with Gasteiger partial charge in [-0.05, 0) is 44.0 Å². The van der Waals surface area contributed by atoms with E-state index < -0.39 is 0 Å². The zero-order valence-electron chi connectivity index (χ0n) is 16.5. The topological polar surface area (TPSA) is 67.8 Å². The Morgan fingerprint density at radius 1 is 1.19 bits per heavy atom. The quantitative estimate of drug-likeness (QED) is 0.381. The Balaban J connectivity index is 1.91. The molecule has 0 aliphatic carbocycles. The van der Waals surface area contributed by atoms with Crippen LogP contribution in [-0.2, 0) is 11.2 Å². The van der Waals surface area contributed by atoms with E-state index in [1.807, 2.05) is 43.5 Å². The molecule has 1 heterocycles. The van der Waals surface area contributed by atoms with Crippen LogP contribution in [0.15, 0.2) is 47.6 Å². The lowest BCUT2D eigenvalue weighted by Gasteiger charge is -2.13. The van der Waals surface area contributed by atoms with Gasteiger partial charge in [0.15, 0.2) is 5.96 Å². The van der Waals surface area contributed by atoms with E-state index in [2.05, 4.69) is 33.6 Å². The molecule has 0 bridgehead atoms. The zero-order valence-corrected chi connectivity index (χ0v) is 16.5. The zero-order chi connectivity index (χ0) is 19.3. The predicted octanol–water partition coefficient (Wildman–Crippen LogP) is 3.43. The molecule has 1 aromatic carbocycles. The Labute approximate surface area is 162 Å². The van der Waals surface area contributed by atoms with Crippen molar-refractivity contribution in [1.82, 2.24) is 10.3 Å². The lowest BCUT2D eigenvalue weighted by atomic mass is 10.2. The number of aromatic nitrogens is 1. The summed E-state index contributed by atoms with van der Waals surface area (Å²) in [5, 5.41) is 6.61. The highest BCUT2D eigenvalue weighted by atomic mass is 16.5. The van der Waals surface area contributed by atoms with Gasteiger partial charge in [-0.3, -0.25) is 9.98 Å². The minimum absolute atomic E-state index is 0.635. The van der Waals surface area contributed by atoms with Crippen molar-refractivity contribution in [3.63, 3.8) is 0 Å². The fourth-order valence-corrected chi connectivity index (χ4v) is 2.44. The van der Waals surface area contributed by atoms with E-state index in [4.69, 9.17) is 9.47 Å². The van der Waals surface area contributed by atoms with Gasteiger partial charge in [0, 0.05) is 56.9 Å². The van der Waals surface area contributed by atoms with Crippen LogP contribution in [0.2, 0.25) is 0 Å². The summed E-state index contributed by atoms with van der Waals surface area (Å²) >= 11 is 0. The van der Waals surface area contributed by atoms with Crippen molar-refractivity contribution < 1.29 is 9.47 Å². The Morgan fingerprint density at radius 2 is 2.07 bits per heavy atom. The van der Waals surface area contributed by atoms with E-state index in [-0.39, 0.29) is 0 Å². The Kier molecular flexibility index (Phi) is 9.13. The van der Waals surface area contributed by atoms with Crippen LogP contribution in [-0.4, -0.2) is 44.4 Å². The standard InChI is InChI=1S/C21H30N4O2/c1-4-22-21(23-12-11-18-10-9-17(2)24-16-18)25-19-7-5-8-20(15-19)27-14-6-13-26-3/h5,7-10,15-16H,4,6,11-14H2,1-3H3,(H2,22,23,25). The molecule has 0 aliphatic rings. The maximum atomic E-state index is 5.75. The van der Waals surface area contributed by atoms with Crippen LogP contribution >= 0.6 is 0 Å². The molecule has 2 aromatic rings. The van der Waals surface area contributed by atoms with Gasteiger partial charge in [-0.15, -0.1) is 0 Å². The molecule has 27 heavy (non-hydrogen) atoms. The molecule has 0 saturated carbocycles. The maximum absolute atomic E-state index is 5.75. The molecule has 1 aromatic heterocycles. The van der Waals surface area contributed by atoms with Gasteiger partial charge in [0.25, 0.3) is 0 Å². The number of nitrogens with zero attached hydrogens (tertiary/aromatic N) is 2. The average molecular weight is 370 g/mol. The van der Waals surface area contributed by atoms with E-state index in [1.54, 1.807) is 7.11 Å². The summed E-state index contributed by atoms with van der Waals surface area (Å²) in [6.07, 6.45) is 3.63. The summed E-state index contributed by atoms with van der Waals surface area (Å²) in [7, 11) is 1.70. The van der Waals surface area contributed by atoms with E-state index in [9.17, 15) is 0 Å². The first-order chi connectivity index (χ1) is 13.2. The third kappa shape index (κ3) is 8.09.